The van der Waals surface area contributed by atoms with Crippen LogP contribution in [-0.4, -0.2) is 120 Å². The second-order valence-electron chi connectivity index (χ2n) is 12.6. The summed E-state index contributed by atoms with van der Waals surface area (Å²) < 4.78 is 1.34. The van der Waals surface area contributed by atoms with E-state index in [-0.39, 0.29) is 77.5 Å². The van der Waals surface area contributed by atoms with Gasteiger partial charge in [-0.3, -0.25) is 14.4 Å². The minimum Gasteiger partial charge on any atom is -0.477 e. The number of Topliss-reactive ketones (excluding diaryl/α,β-unsaturated/α-hetero) is 1. The van der Waals surface area contributed by atoms with Gasteiger partial charge in [0, 0.05) is 54.1 Å². The predicted octanol–water partition coefficient (Wildman–Crippen LogP) is -1.06. The summed E-state index contributed by atoms with van der Waals surface area (Å²) in [6.07, 6.45) is 2.95. The molecule has 1 aromatic rings. The summed E-state index contributed by atoms with van der Waals surface area (Å²) in [5.41, 5.74) is -0.255. The van der Waals surface area contributed by atoms with Crippen LogP contribution in [-0.2, 0) is 25.7 Å². The number of hydrogen-bond acceptors (Lipinski definition) is 11. The molecule has 0 aromatic carbocycles. The molecule has 2 amide bonds. The summed E-state index contributed by atoms with van der Waals surface area (Å²) >= 11 is 1.46. The molecule has 8 atom stereocenters. The van der Waals surface area contributed by atoms with E-state index in [1.54, 1.807) is 0 Å². The number of tetrazole rings is 1. The monoisotopic (exact) mass is 602 g/mol. The molecule has 5 aliphatic rings. The number of likely N-dealkylation sites (tertiary alicyclic amines) is 1. The second kappa shape index (κ2) is 11.3. The van der Waals surface area contributed by atoms with E-state index in [1.807, 2.05) is 18.7 Å². The van der Waals surface area contributed by atoms with Gasteiger partial charge in [0.05, 0.1) is 24.6 Å². The Kier molecular flexibility index (Phi) is 7.87. The van der Waals surface area contributed by atoms with Crippen LogP contribution in [0.2, 0.25) is 0 Å². The Morgan fingerprint density at radius 2 is 2.10 bits per heavy atom. The van der Waals surface area contributed by atoms with Gasteiger partial charge in [-0.1, -0.05) is 13.8 Å². The van der Waals surface area contributed by atoms with Crippen LogP contribution in [0.15, 0.2) is 16.9 Å². The first kappa shape index (κ1) is 29.2. The lowest BCUT2D eigenvalue weighted by Crippen LogP contribution is -2.62. The maximum Gasteiger partial charge on any atom is 0.353 e. The van der Waals surface area contributed by atoms with Crippen molar-refractivity contribution in [2.45, 2.75) is 57.0 Å². The molecule has 42 heavy (non-hydrogen) atoms. The molecule has 4 N–H and O–H groups in total. The first-order valence-corrected chi connectivity index (χ1v) is 15.5. The maximum absolute atomic E-state index is 13.5. The predicted molar refractivity (Wildman–Crippen MR) is 149 cm³/mol. The highest BCUT2D eigenvalue weighted by atomic mass is 32.2. The van der Waals surface area contributed by atoms with Gasteiger partial charge in [0.25, 0.3) is 0 Å². The van der Waals surface area contributed by atoms with Crippen LogP contribution in [0.3, 0.4) is 0 Å². The fourth-order valence-electron chi connectivity index (χ4n) is 7.78. The number of aliphatic hydroxyl groups is 1. The molecule has 0 radical (unpaired) electrons. The highest BCUT2D eigenvalue weighted by molar-refractivity contribution is 8.03. The molecule has 2 unspecified atom stereocenters. The van der Waals surface area contributed by atoms with Crippen LogP contribution in [0.4, 0.5) is 0 Å². The first-order valence-electron chi connectivity index (χ1n) is 14.7. The number of nitrogens with zero attached hydrogens (tertiary/aromatic N) is 6. The number of carboxylic acids is 1. The van der Waals surface area contributed by atoms with E-state index in [0.29, 0.717) is 43.4 Å². The largest absolute Gasteiger partial charge is 0.477 e. The van der Waals surface area contributed by atoms with E-state index >= 15 is 0 Å². The summed E-state index contributed by atoms with van der Waals surface area (Å²) in [7, 11) is 0. The summed E-state index contributed by atoms with van der Waals surface area (Å²) in [6.45, 7) is 7.23. The molecule has 1 aromatic heterocycles. The van der Waals surface area contributed by atoms with Crippen molar-refractivity contribution >= 4 is 35.3 Å². The fourth-order valence-corrected chi connectivity index (χ4v) is 9.25. The number of thioether (sulfide) groups is 1. The highest BCUT2D eigenvalue weighted by Gasteiger charge is 2.60. The van der Waals surface area contributed by atoms with Crippen molar-refractivity contribution in [1.29, 1.82) is 0 Å². The average Bonchev–Trinajstić information content (AvgIpc) is 3.75. The van der Waals surface area contributed by atoms with E-state index in [1.165, 1.54) is 27.7 Å². The number of aliphatic hydroxyl groups excluding tert-OH is 1. The summed E-state index contributed by atoms with van der Waals surface area (Å²) in [4.78, 5) is 55.7. The zero-order chi connectivity index (χ0) is 29.8. The number of carbonyl (C=O) groups excluding carboxylic acids is 3. The Labute approximate surface area is 247 Å². The number of rotatable bonds is 10. The molecule has 228 valence electrons. The molecule has 4 saturated heterocycles. The molecule has 15 heteroatoms. The van der Waals surface area contributed by atoms with Gasteiger partial charge in [0.1, 0.15) is 18.6 Å². The summed E-state index contributed by atoms with van der Waals surface area (Å²) in [5, 5.41) is 37.7. The second-order valence-corrected chi connectivity index (χ2v) is 13.9. The van der Waals surface area contributed by atoms with Crippen LogP contribution in [0.1, 0.15) is 33.1 Å². The first-order chi connectivity index (χ1) is 20.1. The van der Waals surface area contributed by atoms with Crippen LogP contribution in [0.25, 0.3) is 0 Å². The van der Waals surface area contributed by atoms with E-state index in [4.69, 9.17) is 0 Å². The number of carboxylic acid groups (broad SMARTS) is 1. The third-order valence-electron chi connectivity index (χ3n) is 9.98. The molecule has 0 saturated carbocycles. The lowest BCUT2D eigenvalue weighted by atomic mass is 9.73. The molecule has 14 nitrogen and oxygen atoms in total. The van der Waals surface area contributed by atoms with Gasteiger partial charge >= 0.3 is 5.97 Å². The Bertz CT molecular complexity index is 1290. The number of aromatic nitrogens is 4. The van der Waals surface area contributed by atoms with Crippen LogP contribution in [0, 0.1) is 29.1 Å². The number of ketones is 1. The third-order valence-corrected chi connectivity index (χ3v) is 11.5. The van der Waals surface area contributed by atoms with Crippen molar-refractivity contribution in [1.82, 2.24) is 40.6 Å². The number of aliphatic carboxylic acids is 1. The SMILES string of the molecule is C[C@@H](CC(=O)Cn1cnnn1)[C@H]1C(=O)N2C(C(=O)O)=C(S[C@@H]3CN[C@H](C(=O)N4CCC5CNCC5(CO)C4)C3)[C@H](C)[C@H]12. The lowest BCUT2D eigenvalue weighted by molar-refractivity contribution is -0.160. The normalized spacial score (nSPS) is 34.8. The van der Waals surface area contributed by atoms with Gasteiger partial charge in [-0.05, 0) is 41.6 Å². The van der Waals surface area contributed by atoms with Gasteiger partial charge < -0.3 is 30.6 Å². The standard InChI is InChI=1S/C27H38N8O6S/c1-14(5-17(37)9-34-13-30-31-32-34)20-21-15(2)23(22(26(40)41)35(21)25(20)39)42-18-6-19(29-8-18)24(38)33-4-3-16-7-28-10-27(16,11-33)12-36/h13-16,18-21,28-29,36H,3-12H2,1-2H3,(H,40,41)/t14-,15+,16?,18-,19-,20+,21+,27?/m0/s1. The number of nitrogens with one attached hydrogen (secondary N) is 2. The van der Waals surface area contributed by atoms with Gasteiger partial charge in [-0.2, -0.15) is 0 Å². The van der Waals surface area contributed by atoms with E-state index in [0.717, 1.165) is 13.0 Å². The van der Waals surface area contributed by atoms with Gasteiger partial charge in [-0.25, -0.2) is 9.48 Å². The van der Waals surface area contributed by atoms with E-state index in [9.17, 15) is 29.4 Å². The minimum absolute atomic E-state index is 0.0202. The number of fused-ring (bicyclic) bond motifs is 2. The number of carbonyl (C=O) groups is 4. The minimum atomic E-state index is -1.14. The van der Waals surface area contributed by atoms with Crippen molar-refractivity contribution in [2.24, 2.45) is 29.1 Å². The van der Waals surface area contributed by atoms with Crippen molar-refractivity contribution in [3.63, 3.8) is 0 Å². The Balaban J connectivity index is 1.09. The molecule has 0 bridgehead atoms. The summed E-state index contributed by atoms with van der Waals surface area (Å²) in [6, 6.07) is -0.683. The number of piperidine rings is 1. The topological polar surface area (TPSA) is 183 Å². The maximum atomic E-state index is 13.5. The van der Waals surface area contributed by atoms with Gasteiger partial charge in [-0.15, -0.1) is 16.9 Å². The Morgan fingerprint density at radius 3 is 2.81 bits per heavy atom. The van der Waals surface area contributed by atoms with Gasteiger partial charge in [0.2, 0.25) is 11.8 Å². The lowest BCUT2D eigenvalue weighted by Gasteiger charge is -2.47. The zero-order valence-electron chi connectivity index (χ0n) is 23.8. The molecule has 6 heterocycles. The summed E-state index contributed by atoms with van der Waals surface area (Å²) in [5.74, 6) is -2.01. The highest BCUT2D eigenvalue weighted by Crippen LogP contribution is 2.53. The molecular weight excluding hydrogens is 564 g/mol. The van der Waals surface area contributed by atoms with Crippen LogP contribution in [0.5, 0.6) is 0 Å². The van der Waals surface area contributed by atoms with E-state index < -0.39 is 11.9 Å². The Morgan fingerprint density at radius 1 is 1.29 bits per heavy atom. The van der Waals surface area contributed by atoms with E-state index in [2.05, 4.69) is 26.2 Å². The van der Waals surface area contributed by atoms with Crippen molar-refractivity contribution in [3.8, 4) is 0 Å². The molecule has 0 spiro atoms. The Hall–Kier alpha value is -2.88. The number of β-lactam (4-membered cyclic amide) rings is 1. The van der Waals surface area contributed by atoms with Crippen molar-refractivity contribution in [2.75, 3.05) is 39.3 Å². The van der Waals surface area contributed by atoms with Crippen molar-refractivity contribution in [3.05, 3.63) is 16.9 Å². The fraction of sp³-hybridized carbons (Fsp3) is 0.741. The molecular formula is C27H38N8O6S. The van der Waals surface area contributed by atoms with Gasteiger partial charge in [0.15, 0.2) is 5.78 Å². The van der Waals surface area contributed by atoms with Crippen LogP contribution < -0.4 is 10.6 Å². The molecule has 0 aliphatic carbocycles. The molecule has 4 fully saturated rings. The average molecular weight is 603 g/mol. The smallest absolute Gasteiger partial charge is 0.353 e. The molecule has 6 rings (SSSR count). The quantitative estimate of drug-likeness (QED) is 0.239. The molecule has 5 aliphatic heterocycles. The number of amides is 2. The third kappa shape index (κ3) is 4.93. The number of hydrogen-bond donors (Lipinski definition) is 4. The van der Waals surface area contributed by atoms with Crippen molar-refractivity contribution < 1.29 is 29.4 Å². The van der Waals surface area contributed by atoms with Crippen LogP contribution >= 0.6 is 11.8 Å². The zero-order valence-corrected chi connectivity index (χ0v) is 24.6.